The number of aliphatic hydroxyl groups is 1. The largest absolute Gasteiger partial charge is 0.393 e. The van der Waals surface area contributed by atoms with E-state index < -0.39 is 0 Å². The predicted molar refractivity (Wildman–Crippen MR) is 113 cm³/mol. The number of benzene rings is 2. The number of aromatic nitrogens is 2. The molecular weight excluding hydrogens is 364 g/mol. The number of rotatable bonds is 6. The van der Waals surface area contributed by atoms with Gasteiger partial charge < -0.3 is 10.4 Å². The minimum Gasteiger partial charge on any atom is -0.393 e. The van der Waals surface area contributed by atoms with Crippen molar-refractivity contribution in [3.63, 3.8) is 0 Å². The van der Waals surface area contributed by atoms with Gasteiger partial charge in [-0.3, -0.25) is 9.69 Å². The molecule has 29 heavy (non-hydrogen) atoms. The Morgan fingerprint density at radius 1 is 1.07 bits per heavy atom. The minimum atomic E-state index is -0.162. The van der Waals surface area contributed by atoms with Gasteiger partial charge in [-0.15, -0.1) is 0 Å². The molecule has 1 amide bonds. The highest BCUT2D eigenvalue weighted by Gasteiger charge is 2.17. The van der Waals surface area contributed by atoms with E-state index in [-0.39, 0.29) is 12.0 Å². The van der Waals surface area contributed by atoms with E-state index in [2.05, 4.69) is 21.4 Å². The summed E-state index contributed by atoms with van der Waals surface area (Å²) in [6, 6.07) is 17.7. The van der Waals surface area contributed by atoms with Crippen LogP contribution in [-0.2, 0) is 17.8 Å². The molecule has 1 saturated heterocycles. The predicted octanol–water partition coefficient (Wildman–Crippen LogP) is 3.01. The Bertz CT molecular complexity index is 930. The van der Waals surface area contributed by atoms with E-state index in [9.17, 15) is 9.90 Å². The van der Waals surface area contributed by atoms with Crippen LogP contribution in [0.25, 0.3) is 5.69 Å². The first-order valence-corrected chi connectivity index (χ1v) is 10.0. The summed E-state index contributed by atoms with van der Waals surface area (Å²) in [6.45, 7) is 2.66. The minimum absolute atomic E-state index is 0.0323. The Balaban J connectivity index is 1.32. The maximum Gasteiger partial charge on any atom is 0.228 e. The summed E-state index contributed by atoms with van der Waals surface area (Å²) < 4.78 is 1.79. The van der Waals surface area contributed by atoms with Crippen molar-refractivity contribution in [3.05, 3.63) is 78.1 Å². The van der Waals surface area contributed by atoms with E-state index in [0.717, 1.165) is 49.4 Å². The average molecular weight is 390 g/mol. The zero-order valence-corrected chi connectivity index (χ0v) is 16.4. The van der Waals surface area contributed by atoms with E-state index in [4.69, 9.17) is 0 Å². The van der Waals surface area contributed by atoms with E-state index in [1.165, 1.54) is 5.56 Å². The summed E-state index contributed by atoms with van der Waals surface area (Å²) in [5, 5.41) is 16.9. The van der Waals surface area contributed by atoms with Crippen LogP contribution in [0.5, 0.6) is 0 Å². The van der Waals surface area contributed by atoms with Crippen molar-refractivity contribution in [1.82, 2.24) is 14.7 Å². The SMILES string of the molecule is O=C(Cc1ccc(-n2cccn2)cc1)Nc1cccc(CN2CCC(O)CC2)c1. The van der Waals surface area contributed by atoms with Crippen LogP contribution in [0, 0.1) is 0 Å². The summed E-state index contributed by atoms with van der Waals surface area (Å²) in [5.74, 6) is -0.0323. The number of anilines is 1. The van der Waals surface area contributed by atoms with Crippen molar-refractivity contribution in [2.75, 3.05) is 18.4 Å². The van der Waals surface area contributed by atoms with Gasteiger partial charge in [0.05, 0.1) is 18.2 Å². The molecule has 1 aromatic heterocycles. The Labute approximate surface area is 170 Å². The second-order valence-electron chi connectivity index (χ2n) is 7.55. The maximum absolute atomic E-state index is 12.5. The number of hydrogen-bond acceptors (Lipinski definition) is 4. The molecule has 1 aliphatic rings. The van der Waals surface area contributed by atoms with Crippen molar-refractivity contribution >= 4 is 11.6 Å². The molecule has 0 aliphatic carbocycles. The molecule has 2 heterocycles. The molecule has 0 bridgehead atoms. The van der Waals surface area contributed by atoms with Crippen LogP contribution < -0.4 is 5.32 Å². The topological polar surface area (TPSA) is 70.4 Å². The third kappa shape index (κ3) is 5.31. The van der Waals surface area contributed by atoms with Gasteiger partial charge >= 0.3 is 0 Å². The van der Waals surface area contributed by atoms with Crippen LogP contribution in [0.15, 0.2) is 67.0 Å². The van der Waals surface area contributed by atoms with Crippen LogP contribution in [-0.4, -0.2) is 44.9 Å². The fraction of sp³-hybridized carbons (Fsp3) is 0.304. The van der Waals surface area contributed by atoms with E-state index in [1.54, 1.807) is 10.9 Å². The zero-order valence-electron chi connectivity index (χ0n) is 16.4. The molecule has 2 aromatic carbocycles. The fourth-order valence-electron chi connectivity index (χ4n) is 3.66. The quantitative estimate of drug-likeness (QED) is 0.679. The van der Waals surface area contributed by atoms with E-state index in [0.29, 0.717) is 6.42 Å². The summed E-state index contributed by atoms with van der Waals surface area (Å²) >= 11 is 0. The Morgan fingerprint density at radius 3 is 2.59 bits per heavy atom. The van der Waals surface area contributed by atoms with Crippen molar-refractivity contribution in [3.8, 4) is 5.69 Å². The lowest BCUT2D eigenvalue weighted by molar-refractivity contribution is -0.115. The number of nitrogens with one attached hydrogen (secondary N) is 1. The second-order valence-corrected chi connectivity index (χ2v) is 7.55. The fourth-order valence-corrected chi connectivity index (χ4v) is 3.66. The number of carbonyl (C=O) groups excluding carboxylic acids is 1. The van der Waals surface area contributed by atoms with Crippen LogP contribution in [0.4, 0.5) is 5.69 Å². The van der Waals surface area contributed by atoms with Gasteiger partial charge in [-0.2, -0.15) is 5.10 Å². The molecular formula is C23H26N4O2. The number of nitrogens with zero attached hydrogens (tertiary/aromatic N) is 3. The van der Waals surface area contributed by atoms with Crippen LogP contribution in [0.2, 0.25) is 0 Å². The van der Waals surface area contributed by atoms with Crippen LogP contribution >= 0.6 is 0 Å². The molecule has 4 rings (SSSR count). The van der Waals surface area contributed by atoms with Gasteiger partial charge in [0.1, 0.15) is 0 Å². The lowest BCUT2D eigenvalue weighted by Crippen LogP contribution is -2.35. The molecule has 0 spiro atoms. The van der Waals surface area contributed by atoms with Crippen LogP contribution in [0.1, 0.15) is 24.0 Å². The molecule has 6 nitrogen and oxygen atoms in total. The number of piperidine rings is 1. The normalized spacial score (nSPS) is 15.3. The van der Waals surface area contributed by atoms with Gasteiger partial charge in [-0.1, -0.05) is 24.3 Å². The number of likely N-dealkylation sites (tertiary alicyclic amines) is 1. The standard InChI is InChI=1S/C23H26N4O2/c28-22-9-13-26(14-10-22)17-19-3-1-4-20(15-19)25-23(29)16-18-5-7-21(8-6-18)27-12-2-11-24-27/h1-8,11-12,15,22,28H,9-10,13-14,16-17H2,(H,25,29). The number of aliphatic hydroxyl groups excluding tert-OH is 1. The average Bonchev–Trinajstić information content (AvgIpc) is 3.25. The lowest BCUT2D eigenvalue weighted by atomic mass is 10.1. The smallest absolute Gasteiger partial charge is 0.228 e. The Morgan fingerprint density at radius 2 is 1.86 bits per heavy atom. The van der Waals surface area contributed by atoms with Crippen molar-refractivity contribution in [1.29, 1.82) is 0 Å². The molecule has 0 radical (unpaired) electrons. The van der Waals surface area contributed by atoms with Gasteiger partial charge in [0.2, 0.25) is 5.91 Å². The molecule has 0 unspecified atom stereocenters. The maximum atomic E-state index is 12.5. The van der Waals surface area contributed by atoms with Crippen molar-refractivity contribution in [2.24, 2.45) is 0 Å². The summed E-state index contributed by atoms with van der Waals surface area (Å²) in [7, 11) is 0. The molecule has 0 atom stereocenters. The number of carbonyl (C=O) groups is 1. The summed E-state index contributed by atoms with van der Waals surface area (Å²) in [6.07, 6.45) is 5.45. The summed E-state index contributed by atoms with van der Waals surface area (Å²) in [5.41, 5.74) is 3.92. The first kappa shape index (κ1) is 19.4. The van der Waals surface area contributed by atoms with Gasteiger partial charge in [0.25, 0.3) is 0 Å². The monoisotopic (exact) mass is 390 g/mol. The summed E-state index contributed by atoms with van der Waals surface area (Å²) in [4.78, 5) is 14.8. The van der Waals surface area contributed by atoms with Crippen LogP contribution in [0.3, 0.4) is 0 Å². The van der Waals surface area contributed by atoms with Crippen molar-refractivity contribution < 1.29 is 9.90 Å². The number of hydrogen-bond donors (Lipinski definition) is 2. The highest BCUT2D eigenvalue weighted by molar-refractivity contribution is 5.92. The highest BCUT2D eigenvalue weighted by Crippen LogP contribution is 2.17. The van der Waals surface area contributed by atoms with Gasteiger partial charge in [-0.25, -0.2) is 4.68 Å². The van der Waals surface area contributed by atoms with Gasteiger partial charge in [-0.05, 0) is 54.3 Å². The van der Waals surface area contributed by atoms with E-state index in [1.807, 2.05) is 54.7 Å². The molecule has 1 aliphatic heterocycles. The lowest BCUT2D eigenvalue weighted by Gasteiger charge is -2.29. The Kier molecular flexibility index (Phi) is 6.03. The molecule has 1 fully saturated rings. The zero-order chi connectivity index (χ0) is 20.1. The third-order valence-corrected chi connectivity index (χ3v) is 5.24. The van der Waals surface area contributed by atoms with Gasteiger partial charge in [0.15, 0.2) is 0 Å². The first-order chi connectivity index (χ1) is 14.2. The molecule has 2 N–H and O–H groups in total. The molecule has 6 heteroatoms. The molecule has 150 valence electrons. The second kappa shape index (κ2) is 9.03. The Hall–Kier alpha value is -2.96. The first-order valence-electron chi connectivity index (χ1n) is 10.0. The van der Waals surface area contributed by atoms with Crippen molar-refractivity contribution in [2.45, 2.75) is 31.9 Å². The number of amides is 1. The highest BCUT2D eigenvalue weighted by atomic mass is 16.3. The molecule has 0 saturated carbocycles. The molecule has 3 aromatic rings. The van der Waals surface area contributed by atoms with E-state index >= 15 is 0 Å². The van der Waals surface area contributed by atoms with Gasteiger partial charge in [0, 0.05) is 37.7 Å². The third-order valence-electron chi connectivity index (χ3n) is 5.24.